The van der Waals surface area contributed by atoms with Crippen LogP contribution in [0.3, 0.4) is 0 Å². The number of rotatable bonds is 2. The van der Waals surface area contributed by atoms with E-state index in [9.17, 15) is 4.79 Å². The van der Waals surface area contributed by atoms with Crippen LogP contribution in [0.25, 0.3) is 6.08 Å². The molecule has 1 aromatic rings. The zero-order chi connectivity index (χ0) is 21.6. The molecule has 4 fully saturated rings. The predicted molar refractivity (Wildman–Crippen MR) is 126 cm³/mol. The largest absolute Gasteiger partial charge is 0.350 e. The van der Waals surface area contributed by atoms with E-state index >= 15 is 0 Å². The quantitative estimate of drug-likeness (QED) is 0.556. The molecule has 5 rings (SSSR count). The van der Waals surface area contributed by atoms with Crippen molar-refractivity contribution < 1.29 is 4.79 Å². The highest BCUT2D eigenvalue weighted by Crippen LogP contribution is 2.66. The van der Waals surface area contributed by atoms with Crippen molar-refractivity contribution in [3.05, 3.63) is 41.5 Å². The molecule has 3 N–H and O–H groups in total. The molecule has 0 spiro atoms. The first-order valence-electron chi connectivity index (χ1n) is 12.3. The van der Waals surface area contributed by atoms with Crippen LogP contribution in [-0.4, -0.2) is 11.7 Å². The lowest BCUT2D eigenvalue weighted by molar-refractivity contribution is -0.0931. The summed E-state index contributed by atoms with van der Waals surface area (Å²) < 4.78 is 0. The van der Waals surface area contributed by atoms with Crippen LogP contribution in [0.5, 0.6) is 0 Å². The lowest BCUT2D eigenvalue weighted by Gasteiger charge is -2.59. The zero-order valence-corrected chi connectivity index (χ0v) is 19.1. The number of primary amides is 1. The van der Waals surface area contributed by atoms with Gasteiger partial charge in [0.15, 0.2) is 0 Å². The Kier molecular flexibility index (Phi) is 5.22. The van der Waals surface area contributed by atoms with Crippen molar-refractivity contribution >= 4 is 17.8 Å². The van der Waals surface area contributed by atoms with E-state index in [-0.39, 0.29) is 5.41 Å². The van der Waals surface area contributed by atoms with Gasteiger partial charge in [-0.05, 0) is 91.2 Å². The summed E-state index contributed by atoms with van der Waals surface area (Å²) >= 11 is 0. The molecule has 4 saturated carbocycles. The molecule has 4 aliphatic rings. The first-order valence-corrected chi connectivity index (χ1v) is 12.3. The average Bonchev–Trinajstić information content (AvgIpc) is 3.03. The van der Waals surface area contributed by atoms with E-state index in [1.165, 1.54) is 56.1 Å². The Morgan fingerprint density at radius 3 is 2.65 bits per heavy atom. The topological polar surface area (TPSA) is 67.5 Å². The first-order chi connectivity index (χ1) is 14.9. The van der Waals surface area contributed by atoms with Gasteiger partial charge in [0.25, 0.3) is 0 Å². The summed E-state index contributed by atoms with van der Waals surface area (Å²) in [7, 11) is 0. The highest BCUT2D eigenvalue weighted by atomic mass is 16.2. The lowest BCUT2D eigenvalue weighted by Crippen LogP contribution is -2.52. The van der Waals surface area contributed by atoms with E-state index in [2.05, 4.69) is 60.8 Å². The Labute approximate surface area is 186 Å². The molecule has 166 valence electrons. The highest BCUT2D eigenvalue weighted by molar-refractivity contribution is 6.10. The van der Waals surface area contributed by atoms with E-state index in [0.717, 1.165) is 36.3 Å². The second-order valence-electron chi connectivity index (χ2n) is 11.1. The zero-order valence-electron chi connectivity index (χ0n) is 19.1. The molecule has 0 heterocycles. The molecule has 31 heavy (non-hydrogen) atoms. The van der Waals surface area contributed by atoms with Gasteiger partial charge >= 0.3 is 6.03 Å². The average molecular weight is 420 g/mol. The summed E-state index contributed by atoms with van der Waals surface area (Å²) in [5.74, 6) is 3.14. The minimum Gasteiger partial charge on any atom is -0.350 e. The fourth-order valence-corrected chi connectivity index (χ4v) is 8.17. The Morgan fingerprint density at radius 2 is 1.87 bits per heavy atom. The number of carbonyl (C=O) groups is 1. The van der Waals surface area contributed by atoms with E-state index in [4.69, 9.17) is 5.73 Å². The number of allylic oxidation sites excluding steroid dienone is 1. The number of amides is 2. The molecule has 0 bridgehead atoms. The van der Waals surface area contributed by atoms with Crippen molar-refractivity contribution in [3.8, 4) is 0 Å². The van der Waals surface area contributed by atoms with E-state index in [1.54, 1.807) is 0 Å². The van der Waals surface area contributed by atoms with Gasteiger partial charge in [-0.25, -0.2) is 10.2 Å². The van der Waals surface area contributed by atoms with Crippen LogP contribution in [0, 0.1) is 34.5 Å². The van der Waals surface area contributed by atoms with Crippen LogP contribution in [0.4, 0.5) is 4.79 Å². The maximum atomic E-state index is 11.5. The van der Waals surface area contributed by atoms with Gasteiger partial charge in [-0.15, -0.1) is 0 Å². The second-order valence-corrected chi connectivity index (χ2v) is 11.1. The Bertz CT molecular complexity index is 906. The number of hydrogen-bond acceptors (Lipinski definition) is 2. The van der Waals surface area contributed by atoms with Crippen LogP contribution in [-0.2, 0) is 0 Å². The third-order valence-electron chi connectivity index (χ3n) is 9.68. The monoisotopic (exact) mass is 419 g/mol. The number of urea groups is 1. The molecule has 6 atom stereocenters. The number of hydrogen-bond donors (Lipinski definition) is 2. The number of benzene rings is 1. The molecule has 4 aliphatic carbocycles. The van der Waals surface area contributed by atoms with Crippen LogP contribution in [0.15, 0.2) is 41.0 Å². The van der Waals surface area contributed by atoms with E-state index < -0.39 is 6.03 Å². The molecule has 0 saturated heterocycles. The third-order valence-corrected chi connectivity index (χ3v) is 9.68. The summed E-state index contributed by atoms with van der Waals surface area (Å²) in [6.07, 6.45) is 14.3. The van der Waals surface area contributed by atoms with Crippen LogP contribution in [0.1, 0.15) is 77.2 Å². The highest BCUT2D eigenvalue weighted by Gasteiger charge is 2.60. The molecular weight excluding hydrogens is 382 g/mol. The number of fused-ring (bicyclic) bond motifs is 5. The Hall–Kier alpha value is -2.10. The van der Waals surface area contributed by atoms with Crippen molar-refractivity contribution in [2.45, 2.75) is 71.6 Å². The Morgan fingerprint density at radius 1 is 1.06 bits per heavy atom. The van der Waals surface area contributed by atoms with Crippen molar-refractivity contribution in [1.82, 2.24) is 5.43 Å². The molecule has 4 nitrogen and oxygen atoms in total. The maximum absolute atomic E-state index is 11.5. The van der Waals surface area contributed by atoms with Crippen LogP contribution in [0.2, 0.25) is 0 Å². The maximum Gasteiger partial charge on any atom is 0.332 e. The van der Waals surface area contributed by atoms with Gasteiger partial charge in [0.2, 0.25) is 0 Å². The second kappa shape index (κ2) is 7.79. The molecule has 0 unspecified atom stereocenters. The normalized spacial score (nSPS) is 42.0. The van der Waals surface area contributed by atoms with Gasteiger partial charge in [0.1, 0.15) is 0 Å². The SMILES string of the molecule is C[C@@]12CCCC[C@@H]1CC[C@H]1[C@H]2CC[C@]2(C)C(=N/NC(N)=O)/C(=C/c3ccccc3)C[C@@H]12. The molecule has 2 amide bonds. The van der Waals surface area contributed by atoms with Crippen LogP contribution >= 0.6 is 0 Å². The summed E-state index contributed by atoms with van der Waals surface area (Å²) in [6, 6.07) is 9.92. The molecule has 4 heteroatoms. The number of carbonyl (C=O) groups excluding carboxylic acids is 1. The number of hydrazone groups is 1. The van der Waals surface area contributed by atoms with Gasteiger partial charge in [-0.3, -0.25) is 0 Å². The molecule has 1 aromatic carbocycles. The Balaban J connectivity index is 1.52. The summed E-state index contributed by atoms with van der Waals surface area (Å²) in [6.45, 7) is 5.02. The molecule has 0 radical (unpaired) electrons. The fourth-order valence-electron chi connectivity index (χ4n) is 8.17. The number of nitrogens with one attached hydrogen (secondary N) is 1. The molecule has 0 aliphatic heterocycles. The van der Waals surface area contributed by atoms with Crippen molar-refractivity contribution in [1.29, 1.82) is 0 Å². The van der Waals surface area contributed by atoms with E-state index in [1.807, 2.05) is 0 Å². The van der Waals surface area contributed by atoms with E-state index in [0.29, 0.717) is 11.3 Å². The van der Waals surface area contributed by atoms with Crippen molar-refractivity contribution in [2.75, 3.05) is 0 Å². The minimum absolute atomic E-state index is 0.0160. The van der Waals surface area contributed by atoms with Gasteiger partial charge in [-0.1, -0.05) is 57.0 Å². The van der Waals surface area contributed by atoms with Crippen LogP contribution < -0.4 is 11.2 Å². The number of nitrogens with two attached hydrogens (primary N) is 1. The minimum atomic E-state index is -0.581. The van der Waals surface area contributed by atoms with Gasteiger partial charge in [0.05, 0.1) is 5.71 Å². The summed E-state index contributed by atoms with van der Waals surface area (Å²) in [5.41, 5.74) is 12.1. The summed E-state index contributed by atoms with van der Waals surface area (Å²) in [4.78, 5) is 11.5. The fraction of sp³-hybridized carbons (Fsp3) is 0.630. The van der Waals surface area contributed by atoms with Crippen molar-refractivity contribution in [2.24, 2.45) is 45.3 Å². The lowest BCUT2D eigenvalue weighted by atomic mass is 9.45. The standard InChI is InChI=1S/C27H37N3O/c1-26-14-7-6-10-20(26)11-12-21-22(26)13-15-27(2)23(21)17-19(24(27)29-30-25(28)31)16-18-8-4-3-5-9-18/h3-5,8-9,16,20-23H,6-7,10-15,17H2,1-2H3,(H3,28,30,31)/b19-16+,29-24+/t20-,21+,22-,23+,26-,27+/m1/s1. The molecule has 0 aromatic heterocycles. The van der Waals surface area contributed by atoms with Gasteiger partial charge in [0, 0.05) is 5.41 Å². The third kappa shape index (κ3) is 3.43. The van der Waals surface area contributed by atoms with Gasteiger partial charge < -0.3 is 5.73 Å². The number of nitrogens with zero attached hydrogens (tertiary/aromatic N) is 1. The van der Waals surface area contributed by atoms with Crippen molar-refractivity contribution in [3.63, 3.8) is 0 Å². The smallest absolute Gasteiger partial charge is 0.332 e. The predicted octanol–water partition coefficient (Wildman–Crippen LogP) is 6.14. The first kappa shape index (κ1) is 20.8. The van der Waals surface area contributed by atoms with Gasteiger partial charge in [-0.2, -0.15) is 5.10 Å². The summed E-state index contributed by atoms with van der Waals surface area (Å²) in [5, 5.41) is 4.62. The molecular formula is C27H37N3O.